The van der Waals surface area contributed by atoms with Crippen LogP contribution in [0.5, 0.6) is 5.75 Å². The molecule has 2 aromatic carbocycles. The van der Waals surface area contributed by atoms with Gasteiger partial charge in [0.25, 0.3) is 0 Å². The fourth-order valence-corrected chi connectivity index (χ4v) is 5.60. The third kappa shape index (κ3) is 5.29. The maximum atomic E-state index is 11.8. The van der Waals surface area contributed by atoms with Crippen LogP contribution in [0.15, 0.2) is 85.2 Å². The van der Waals surface area contributed by atoms with Gasteiger partial charge in [-0.3, -0.25) is 9.71 Å². The van der Waals surface area contributed by atoms with Crippen molar-refractivity contribution < 1.29 is 23.1 Å². The quantitative estimate of drug-likeness (QED) is 0.271. The van der Waals surface area contributed by atoms with Gasteiger partial charge < -0.3 is 24.6 Å². The summed E-state index contributed by atoms with van der Waals surface area (Å²) in [6, 6.07) is 20.6. The molecule has 0 radical (unpaired) electrons. The summed E-state index contributed by atoms with van der Waals surface area (Å²) >= 11 is 5.82. The van der Waals surface area contributed by atoms with E-state index in [9.17, 15) is 18.3 Å². The molecule has 2 aromatic heterocycles. The molecule has 5 rings (SSSR count). The number of aromatic nitrogens is 2. The number of sulfonamides is 1. The van der Waals surface area contributed by atoms with Crippen molar-refractivity contribution in [3.63, 3.8) is 0 Å². The lowest BCUT2D eigenvalue weighted by Gasteiger charge is -2.29. The Morgan fingerprint density at radius 2 is 1.82 bits per heavy atom. The van der Waals surface area contributed by atoms with E-state index in [-0.39, 0.29) is 17.6 Å². The van der Waals surface area contributed by atoms with Crippen LogP contribution in [0.2, 0.25) is 0 Å². The Bertz CT molecular complexity index is 1640. The summed E-state index contributed by atoms with van der Waals surface area (Å²) in [5.74, 6) is -0.663. The number of ether oxygens (including phenoxy) is 1. The molecular formula is C27H25N5O5S2. The average molecular weight is 564 g/mol. The second-order valence-corrected chi connectivity index (χ2v) is 11.0. The first-order chi connectivity index (χ1) is 18.7. The molecule has 3 heterocycles. The third-order valence-corrected chi connectivity index (χ3v) is 7.24. The number of carbonyl (C=O) groups is 1. The molecule has 12 heteroatoms. The average Bonchev–Trinajstić information content (AvgIpc) is 3.53. The first-order valence-electron chi connectivity index (χ1n) is 11.8. The molecule has 0 spiro atoms. The number of carboxylic acid groups (broad SMARTS) is 1. The number of aromatic carboxylic acids is 1. The highest BCUT2D eigenvalue weighted by Gasteiger charge is 2.42. The number of carboxylic acids is 1. The normalized spacial score (nSPS) is 17.1. The van der Waals surface area contributed by atoms with E-state index in [0.717, 1.165) is 23.3 Å². The summed E-state index contributed by atoms with van der Waals surface area (Å²) < 4.78 is 33.7. The Hall–Kier alpha value is -4.42. The molecule has 0 unspecified atom stereocenters. The van der Waals surface area contributed by atoms with Crippen molar-refractivity contribution in [2.75, 3.05) is 23.0 Å². The number of pyridine rings is 1. The van der Waals surface area contributed by atoms with E-state index in [4.69, 9.17) is 17.0 Å². The molecule has 1 aliphatic rings. The van der Waals surface area contributed by atoms with E-state index < -0.39 is 16.0 Å². The van der Waals surface area contributed by atoms with Crippen LogP contribution in [0.25, 0.3) is 5.69 Å². The van der Waals surface area contributed by atoms with Crippen LogP contribution >= 0.6 is 12.2 Å². The highest BCUT2D eigenvalue weighted by molar-refractivity contribution is 7.92. The lowest BCUT2D eigenvalue weighted by Crippen LogP contribution is -2.30. The standard InChI is InChI=1S/C27H25N5O5S2/c1-37-23-16-19(12-13-20(23)30-39(2,35)36)32-25(24(29-27(32)38)21-6-3-4-14-28-21)22-7-5-15-31(22)18-10-8-17(9-11-18)26(33)34/h3-16,24-25,30H,1-2H3,(H,29,38)(H,33,34)/t24-,25+/m0/s1. The third-order valence-electron chi connectivity index (χ3n) is 6.33. The van der Waals surface area contributed by atoms with Gasteiger partial charge in [0.1, 0.15) is 11.8 Å². The van der Waals surface area contributed by atoms with Crippen molar-refractivity contribution >= 4 is 44.7 Å². The zero-order chi connectivity index (χ0) is 27.7. The Labute approximate surface area is 230 Å². The van der Waals surface area contributed by atoms with Gasteiger partial charge in [0.2, 0.25) is 10.0 Å². The minimum absolute atomic E-state index is 0.194. The molecule has 10 nitrogen and oxygen atoms in total. The first kappa shape index (κ1) is 26.2. The van der Waals surface area contributed by atoms with Crippen molar-refractivity contribution in [2.45, 2.75) is 12.1 Å². The summed E-state index contributed by atoms with van der Waals surface area (Å²) in [4.78, 5) is 17.9. The molecule has 0 aliphatic carbocycles. The van der Waals surface area contributed by atoms with Crippen molar-refractivity contribution in [1.82, 2.24) is 14.9 Å². The molecule has 4 aromatic rings. The fraction of sp³-hybridized carbons (Fsp3) is 0.148. The number of rotatable bonds is 8. The van der Waals surface area contributed by atoms with Gasteiger partial charge >= 0.3 is 5.97 Å². The first-order valence-corrected chi connectivity index (χ1v) is 14.1. The number of hydrogen-bond acceptors (Lipinski definition) is 6. The van der Waals surface area contributed by atoms with E-state index in [1.54, 1.807) is 48.7 Å². The summed E-state index contributed by atoms with van der Waals surface area (Å²) in [6.45, 7) is 0. The van der Waals surface area contributed by atoms with Crippen LogP contribution in [-0.4, -0.2) is 47.5 Å². The predicted molar refractivity (Wildman–Crippen MR) is 152 cm³/mol. The topological polar surface area (TPSA) is 126 Å². The minimum Gasteiger partial charge on any atom is -0.494 e. The number of methoxy groups -OCH3 is 1. The van der Waals surface area contributed by atoms with Crippen LogP contribution in [0.3, 0.4) is 0 Å². The molecule has 1 aliphatic heterocycles. The molecule has 200 valence electrons. The van der Waals surface area contributed by atoms with Crippen molar-refractivity contribution in [3.05, 3.63) is 102 Å². The predicted octanol–water partition coefficient (Wildman–Crippen LogP) is 4.13. The maximum Gasteiger partial charge on any atom is 0.335 e. The largest absolute Gasteiger partial charge is 0.494 e. The molecule has 0 amide bonds. The Morgan fingerprint density at radius 3 is 2.46 bits per heavy atom. The van der Waals surface area contributed by atoms with Gasteiger partial charge in [-0.25, -0.2) is 13.2 Å². The van der Waals surface area contributed by atoms with Gasteiger partial charge in [0.05, 0.1) is 36.4 Å². The van der Waals surface area contributed by atoms with E-state index >= 15 is 0 Å². The van der Waals surface area contributed by atoms with Gasteiger partial charge in [-0.1, -0.05) is 6.07 Å². The van der Waals surface area contributed by atoms with E-state index in [0.29, 0.717) is 22.2 Å². The smallest absolute Gasteiger partial charge is 0.335 e. The number of thiocarbonyl (C=S) groups is 1. The summed E-state index contributed by atoms with van der Waals surface area (Å²) in [5, 5.41) is 13.2. The fourth-order valence-electron chi connectivity index (χ4n) is 4.68. The van der Waals surface area contributed by atoms with Gasteiger partial charge in [0.15, 0.2) is 5.11 Å². The zero-order valence-electron chi connectivity index (χ0n) is 21.0. The number of anilines is 2. The van der Waals surface area contributed by atoms with E-state index in [1.165, 1.54) is 7.11 Å². The monoisotopic (exact) mass is 563 g/mol. The van der Waals surface area contributed by atoms with Crippen molar-refractivity contribution in [1.29, 1.82) is 0 Å². The Kier molecular flexibility index (Phi) is 6.98. The van der Waals surface area contributed by atoms with E-state index in [1.807, 2.05) is 46.0 Å². The SMILES string of the molecule is COc1cc(N2C(=S)N[C@@H](c3ccccn3)[C@H]2c2cccn2-c2ccc(C(=O)O)cc2)ccc1NS(C)(=O)=O. The lowest BCUT2D eigenvalue weighted by atomic mass is 10.0. The van der Waals surface area contributed by atoms with E-state index in [2.05, 4.69) is 15.0 Å². The maximum absolute atomic E-state index is 11.8. The summed E-state index contributed by atoms with van der Waals surface area (Å²) in [5.41, 5.74) is 3.62. The van der Waals surface area contributed by atoms with Crippen LogP contribution in [0.4, 0.5) is 11.4 Å². The number of nitrogens with one attached hydrogen (secondary N) is 2. The number of benzene rings is 2. The number of nitrogens with zero attached hydrogens (tertiary/aromatic N) is 3. The molecule has 0 bridgehead atoms. The lowest BCUT2D eigenvalue weighted by molar-refractivity contribution is 0.0697. The van der Waals surface area contributed by atoms with Crippen molar-refractivity contribution in [2.24, 2.45) is 0 Å². The van der Waals surface area contributed by atoms with Crippen LogP contribution in [-0.2, 0) is 10.0 Å². The Balaban J connectivity index is 1.63. The highest BCUT2D eigenvalue weighted by Crippen LogP contribution is 2.44. The zero-order valence-corrected chi connectivity index (χ0v) is 22.6. The molecule has 3 N–H and O–H groups in total. The molecular weight excluding hydrogens is 538 g/mol. The molecule has 39 heavy (non-hydrogen) atoms. The molecule has 0 saturated carbocycles. The second kappa shape index (κ2) is 10.4. The number of hydrogen-bond donors (Lipinski definition) is 3. The second-order valence-electron chi connectivity index (χ2n) is 8.91. The van der Waals surface area contributed by atoms with Gasteiger partial charge in [0, 0.05) is 35.5 Å². The molecule has 2 atom stereocenters. The molecule has 1 saturated heterocycles. The van der Waals surface area contributed by atoms with Crippen molar-refractivity contribution in [3.8, 4) is 11.4 Å². The van der Waals surface area contributed by atoms with Crippen LogP contribution < -0.4 is 19.7 Å². The van der Waals surface area contributed by atoms with Gasteiger partial charge in [-0.05, 0) is 72.9 Å². The summed E-state index contributed by atoms with van der Waals surface area (Å²) in [6.07, 6.45) is 4.70. The Morgan fingerprint density at radius 1 is 1.08 bits per heavy atom. The van der Waals surface area contributed by atoms with Crippen LogP contribution in [0.1, 0.15) is 33.8 Å². The highest BCUT2D eigenvalue weighted by atomic mass is 32.2. The van der Waals surface area contributed by atoms with Gasteiger partial charge in [-0.15, -0.1) is 0 Å². The molecule has 1 fully saturated rings. The summed E-state index contributed by atoms with van der Waals surface area (Å²) in [7, 11) is -2.05. The van der Waals surface area contributed by atoms with Gasteiger partial charge in [-0.2, -0.15) is 0 Å². The van der Waals surface area contributed by atoms with Crippen LogP contribution in [0, 0.1) is 0 Å². The minimum atomic E-state index is -3.52.